The molecule has 2 nitrogen and oxygen atoms in total. The molecule has 1 fully saturated rings. The Bertz CT molecular complexity index is 212. The second kappa shape index (κ2) is 5.88. The van der Waals surface area contributed by atoms with E-state index in [9.17, 15) is 4.79 Å². The zero-order chi connectivity index (χ0) is 11.4. The second-order valence-corrected chi connectivity index (χ2v) is 5.56. The van der Waals surface area contributed by atoms with E-state index in [1.165, 1.54) is 12.8 Å². The van der Waals surface area contributed by atoms with Gasteiger partial charge in [-0.25, -0.2) is 0 Å². The van der Waals surface area contributed by atoms with Crippen molar-refractivity contribution in [2.24, 2.45) is 11.8 Å². The zero-order valence-corrected chi connectivity index (χ0v) is 11.6. The summed E-state index contributed by atoms with van der Waals surface area (Å²) in [4.78, 5) is 14.0. The monoisotopic (exact) mass is 275 g/mol. The van der Waals surface area contributed by atoms with E-state index in [1.54, 1.807) is 0 Å². The molecule has 0 radical (unpaired) electrons. The van der Waals surface area contributed by atoms with Crippen molar-refractivity contribution < 1.29 is 4.79 Å². The number of carbonyl (C=O) groups is 1. The van der Waals surface area contributed by atoms with Crippen LogP contribution < -0.4 is 0 Å². The molecule has 88 valence electrons. The summed E-state index contributed by atoms with van der Waals surface area (Å²) in [6.07, 6.45) is 4.60. The van der Waals surface area contributed by atoms with Gasteiger partial charge in [0.2, 0.25) is 5.91 Å². The molecule has 1 saturated carbocycles. The Morgan fingerprint density at radius 3 is 2.40 bits per heavy atom. The van der Waals surface area contributed by atoms with Gasteiger partial charge in [-0.3, -0.25) is 4.79 Å². The molecule has 0 bridgehead atoms. The van der Waals surface area contributed by atoms with Gasteiger partial charge in [0.15, 0.2) is 0 Å². The lowest BCUT2D eigenvalue weighted by Gasteiger charge is -2.31. The lowest BCUT2D eigenvalue weighted by molar-refractivity contribution is -0.136. The minimum Gasteiger partial charge on any atom is -0.342 e. The predicted molar refractivity (Wildman–Crippen MR) is 67.1 cm³/mol. The third kappa shape index (κ3) is 3.47. The lowest BCUT2D eigenvalue weighted by Crippen LogP contribution is -2.41. The summed E-state index contributed by atoms with van der Waals surface area (Å²) in [6, 6.07) is 0.303. The Labute approximate surface area is 102 Å². The fourth-order valence-corrected chi connectivity index (χ4v) is 2.55. The van der Waals surface area contributed by atoms with Gasteiger partial charge in [-0.1, -0.05) is 22.9 Å². The molecule has 0 N–H and O–H groups in total. The predicted octanol–water partition coefficient (Wildman–Crippen LogP) is 3.05. The van der Waals surface area contributed by atoms with Crippen LogP contribution in [0.4, 0.5) is 0 Å². The molecule has 0 saturated heterocycles. The standard InChI is InChI=1S/C12H22BrNO/c1-9-4-6-11(7-5-9)12(15)14(3)10(2)8-13/h9-11H,4-8H2,1-3H3. The Kier molecular flexibility index (Phi) is 5.10. The number of amides is 1. The van der Waals surface area contributed by atoms with Gasteiger partial charge >= 0.3 is 0 Å². The van der Waals surface area contributed by atoms with Crippen molar-refractivity contribution in [1.29, 1.82) is 0 Å². The number of carbonyl (C=O) groups excluding carboxylic acids is 1. The highest BCUT2D eigenvalue weighted by atomic mass is 79.9. The van der Waals surface area contributed by atoms with Crippen molar-refractivity contribution in [2.45, 2.75) is 45.6 Å². The maximum absolute atomic E-state index is 12.1. The van der Waals surface area contributed by atoms with Crippen LogP contribution in [0.15, 0.2) is 0 Å². The topological polar surface area (TPSA) is 20.3 Å². The molecule has 0 aliphatic heterocycles. The largest absolute Gasteiger partial charge is 0.342 e. The lowest BCUT2D eigenvalue weighted by atomic mass is 9.82. The Balaban J connectivity index is 2.46. The minimum absolute atomic E-state index is 0.285. The molecular weight excluding hydrogens is 254 g/mol. The first-order valence-corrected chi connectivity index (χ1v) is 7.01. The smallest absolute Gasteiger partial charge is 0.225 e. The maximum atomic E-state index is 12.1. The van der Waals surface area contributed by atoms with Crippen LogP contribution in [-0.4, -0.2) is 29.2 Å². The van der Waals surface area contributed by atoms with Crippen molar-refractivity contribution in [3.8, 4) is 0 Å². The molecule has 0 spiro atoms. The number of alkyl halides is 1. The van der Waals surface area contributed by atoms with Crippen LogP contribution in [0.5, 0.6) is 0 Å². The van der Waals surface area contributed by atoms with Crippen molar-refractivity contribution >= 4 is 21.8 Å². The molecular formula is C12H22BrNO. The summed E-state index contributed by atoms with van der Waals surface area (Å²) in [5.41, 5.74) is 0. The average molecular weight is 276 g/mol. The summed E-state index contributed by atoms with van der Waals surface area (Å²) >= 11 is 3.42. The average Bonchev–Trinajstić information content (AvgIpc) is 2.27. The van der Waals surface area contributed by atoms with Gasteiger partial charge in [0.25, 0.3) is 0 Å². The molecule has 1 aliphatic carbocycles. The van der Waals surface area contributed by atoms with E-state index >= 15 is 0 Å². The molecule has 1 atom stereocenters. The van der Waals surface area contributed by atoms with Crippen LogP contribution in [-0.2, 0) is 4.79 Å². The third-order valence-corrected chi connectivity index (χ3v) is 4.53. The molecule has 0 heterocycles. The summed E-state index contributed by atoms with van der Waals surface area (Å²) in [5, 5.41) is 0.859. The zero-order valence-electron chi connectivity index (χ0n) is 10.0. The van der Waals surface area contributed by atoms with Crippen LogP contribution >= 0.6 is 15.9 Å². The van der Waals surface area contributed by atoms with Crippen LogP contribution in [0, 0.1) is 11.8 Å². The fraction of sp³-hybridized carbons (Fsp3) is 0.917. The first-order valence-electron chi connectivity index (χ1n) is 5.89. The normalized spacial score (nSPS) is 28.5. The maximum Gasteiger partial charge on any atom is 0.225 e. The molecule has 0 aromatic heterocycles. The van der Waals surface area contributed by atoms with Gasteiger partial charge in [-0.05, 0) is 38.5 Å². The summed E-state index contributed by atoms with van der Waals surface area (Å²) in [7, 11) is 1.92. The summed E-state index contributed by atoms with van der Waals surface area (Å²) in [6.45, 7) is 4.36. The Morgan fingerprint density at radius 1 is 1.40 bits per heavy atom. The van der Waals surface area contributed by atoms with Crippen LogP contribution in [0.2, 0.25) is 0 Å². The number of rotatable bonds is 3. The molecule has 3 heteroatoms. The first kappa shape index (κ1) is 13.0. The van der Waals surface area contributed by atoms with Crippen LogP contribution in [0.1, 0.15) is 39.5 Å². The first-order chi connectivity index (χ1) is 7.06. The molecule has 1 rings (SSSR count). The van der Waals surface area contributed by atoms with E-state index in [0.29, 0.717) is 11.9 Å². The third-order valence-electron chi connectivity index (χ3n) is 3.60. The van der Waals surface area contributed by atoms with E-state index < -0.39 is 0 Å². The van der Waals surface area contributed by atoms with E-state index in [4.69, 9.17) is 0 Å². The quantitative estimate of drug-likeness (QED) is 0.725. The van der Waals surface area contributed by atoms with Crippen molar-refractivity contribution in [1.82, 2.24) is 4.90 Å². The minimum atomic E-state index is 0.285. The van der Waals surface area contributed by atoms with Gasteiger partial charge in [0.1, 0.15) is 0 Å². The van der Waals surface area contributed by atoms with Gasteiger partial charge in [-0.15, -0.1) is 0 Å². The molecule has 1 amide bonds. The summed E-state index contributed by atoms with van der Waals surface area (Å²) in [5.74, 6) is 1.44. The number of halogens is 1. The van der Waals surface area contributed by atoms with Crippen molar-refractivity contribution in [2.75, 3.05) is 12.4 Å². The van der Waals surface area contributed by atoms with Gasteiger partial charge in [0.05, 0.1) is 0 Å². The van der Waals surface area contributed by atoms with E-state index in [1.807, 2.05) is 11.9 Å². The van der Waals surface area contributed by atoms with Gasteiger partial charge in [0, 0.05) is 24.3 Å². The molecule has 0 aromatic carbocycles. The number of hydrogen-bond acceptors (Lipinski definition) is 1. The highest BCUT2D eigenvalue weighted by molar-refractivity contribution is 9.09. The highest BCUT2D eigenvalue weighted by Crippen LogP contribution is 2.29. The molecule has 0 aromatic rings. The SMILES string of the molecule is CC1CCC(C(=O)N(C)C(C)CBr)CC1. The van der Waals surface area contributed by atoms with Crippen molar-refractivity contribution in [3.63, 3.8) is 0 Å². The van der Waals surface area contributed by atoms with Crippen LogP contribution in [0.3, 0.4) is 0 Å². The van der Waals surface area contributed by atoms with E-state index in [0.717, 1.165) is 24.1 Å². The Morgan fingerprint density at radius 2 is 1.93 bits per heavy atom. The van der Waals surface area contributed by atoms with Crippen LogP contribution in [0.25, 0.3) is 0 Å². The highest BCUT2D eigenvalue weighted by Gasteiger charge is 2.27. The van der Waals surface area contributed by atoms with E-state index in [2.05, 4.69) is 29.8 Å². The van der Waals surface area contributed by atoms with E-state index in [-0.39, 0.29) is 5.92 Å². The summed E-state index contributed by atoms with van der Waals surface area (Å²) < 4.78 is 0. The van der Waals surface area contributed by atoms with Gasteiger partial charge in [-0.2, -0.15) is 0 Å². The fourth-order valence-electron chi connectivity index (χ4n) is 2.12. The second-order valence-electron chi connectivity index (χ2n) is 4.91. The molecule has 1 aliphatic rings. The van der Waals surface area contributed by atoms with Crippen molar-refractivity contribution in [3.05, 3.63) is 0 Å². The molecule has 15 heavy (non-hydrogen) atoms. The van der Waals surface area contributed by atoms with Gasteiger partial charge < -0.3 is 4.90 Å². The molecule has 1 unspecified atom stereocenters. The number of nitrogens with zero attached hydrogens (tertiary/aromatic N) is 1. The number of hydrogen-bond donors (Lipinski definition) is 0. The Hall–Kier alpha value is -0.0500.